The van der Waals surface area contributed by atoms with E-state index in [1.54, 1.807) is 32.0 Å². The molecule has 0 saturated heterocycles. The summed E-state index contributed by atoms with van der Waals surface area (Å²) in [5, 5.41) is 11.4. The minimum atomic E-state index is -0.714. The van der Waals surface area contributed by atoms with Gasteiger partial charge in [0.2, 0.25) is 0 Å². The number of rotatable bonds is 5. The number of carbonyl (C=O) groups is 1. The Hall–Kier alpha value is -3.85. The summed E-state index contributed by atoms with van der Waals surface area (Å²) in [6, 6.07) is 13.1. The predicted molar refractivity (Wildman–Crippen MR) is 125 cm³/mol. The van der Waals surface area contributed by atoms with Crippen LogP contribution in [0.2, 0.25) is 0 Å². The number of para-hydroxylation sites is 1. The number of esters is 1. The SMILES string of the molecule is CCOC(=O)C1=C(C)N=c2s/c(=C/c3ccccc3[N+](=O)[O-])c(=O)n2[C@H]1c1ccc(C)cc1. The third kappa shape index (κ3) is 4.14. The number of ether oxygens (including phenoxy) is 1. The van der Waals surface area contributed by atoms with Gasteiger partial charge in [-0.1, -0.05) is 53.3 Å². The van der Waals surface area contributed by atoms with Gasteiger partial charge < -0.3 is 4.74 Å². The largest absolute Gasteiger partial charge is 0.463 e. The Morgan fingerprint density at radius 1 is 1.21 bits per heavy atom. The number of aryl methyl sites for hydroxylation is 1. The van der Waals surface area contributed by atoms with Crippen molar-refractivity contribution in [2.75, 3.05) is 6.61 Å². The maximum Gasteiger partial charge on any atom is 0.338 e. The molecule has 0 saturated carbocycles. The minimum Gasteiger partial charge on any atom is -0.463 e. The van der Waals surface area contributed by atoms with Gasteiger partial charge in [-0.2, -0.15) is 0 Å². The summed E-state index contributed by atoms with van der Waals surface area (Å²) in [5.41, 5.74) is 2.40. The Bertz CT molecular complexity index is 1460. The second-order valence-corrected chi connectivity index (χ2v) is 8.54. The molecule has 2 heterocycles. The fourth-order valence-electron chi connectivity index (χ4n) is 3.77. The average molecular weight is 464 g/mol. The number of fused-ring (bicyclic) bond motifs is 1. The van der Waals surface area contributed by atoms with Crippen LogP contribution in [-0.4, -0.2) is 22.1 Å². The van der Waals surface area contributed by atoms with Gasteiger partial charge in [-0.25, -0.2) is 9.79 Å². The van der Waals surface area contributed by atoms with Crippen molar-refractivity contribution in [2.45, 2.75) is 26.8 Å². The van der Waals surface area contributed by atoms with E-state index in [1.807, 2.05) is 31.2 Å². The number of nitrogens with zero attached hydrogens (tertiary/aromatic N) is 3. The molecule has 168 valence electrons. The Balaban J connectivity index is 1.98. The van der Waals surface area contributed by atoms with Crippen molar-refractivity contribution < 1.29 is 14.5 Å². The zero-order valence-electron chi connectivity index (χ0n) is 18.3. The van der Waals surface area contributed by atoms with E-state index >= 15 is 0 Å². The van der Waals surface area contributed by atoms with E-state index in [1.165, 1.54) is 16.7 Å². The summed E-state index contributed by atoms with van der Waals surface area (Å²) in [6.07, 6.45) is 1.50. The van der Waals surface area contributed by atoms with Crippen molar-refractivity contribution in [3.63, 3.8) is 0 Å². The van der Waals surface area contributed by atoms with Crippen molar-refractivity contribution in [1.29, 1.82) is 0 Å². The Morgan fingerprint density at radius 3 is 2.58 bits per heavy atom. The number of nitro groups is 1. The molecule has 0 N–H and O–H groups in total. The van der Waals surface area contributed by atoms with Crippen molar-refractivity contribution in [2.24, 2.45) is 4.99 Å². The molecule has 33 heavy (non-hydrogen) atoms. The standard InChI is InChI=1S/C24H21N3O5S/c1-4-32-23(29)20-15(3)25-24-26(21(20)16-11-9-14(2)10-12-16)22(28)19(33-24)13-17-7-5-6-8-18(17)27(30)31/h5-13,21H,4H2,1-3H3/b19-13+/t21-/m0/s1. The summed E-state index contributed by atoms with van der Waals surface area (Å²) in [6.45, 7) is 5.58. The predicted octanol–water partition coefficient (Wildman–Crippen LogP) is 3.01. The lowest BCUT2D eigenvalue weighted by Crippen LogP contribution is -2.39. The first kappa shape index (κ1) is 22.3. The number of thiazole rings is 1. The topological polar surface area (TPSA) is 104 Å². The molecule has 1 aliphatic heterocycles. The fourth-order valence-corrected chi connectivity index (χ4v) is 4.81. The first-order chi connectivity index (χ1) is 15.8. The molecule has 0 amide bonds. The number of nitro benzene ring substituents is 1. The highest BCUT2D eigenvalue weighted by molar-refractivity contribution is 7.07. The molecule has 1 atom stereocenters. The van der Waals surface area contributed by atoms with Crippen molar-refractivity contribution in [1.82, 2.24) is 4.57 Å². The van der Waals surface area contributed by atoms with E-state index in [4.69, 9.17) is 4.74 Å². The van der Waals surface area contributed by atoms with Gasteiger partial charge in [0.1, 0.15) is 0 Å². The summed E-state index contributed by atoms with van der Waals surface area (Å²) < 4.78 is 7.03. The number of benzene rings is 2. The summed E-state index contributed by atoms with van der Waals surface area (Å²) in [7, 11) is 0. The lowest BCUT2D eigenvalue weighted by atomic mass is 9.95. The zero-order valence-corrected chi connectivity index (χ0v) is 19.1. The van der Waals surface area contributed by atoms with E-state index in [0.717, 1.165) is 22.5 Å². The molecule has 0 bridgehead atoms. The van der Waals surface area contributed by atoms with Gasteiger partial charge in [-0.15, -0.1) is 0 Å². The van der Waals surface area contributed by atoms with Gasteiger partial charge >= 0.3 is 5.97 Å². The van der Waals surface area contributed by atoms with Crippen LogP contribution in [0.3, 0.4) is 0 Å². The molecule has 3 aromatic rings. The van der Waals surface area contributed by atoms with Crippen LogP contribution in [-0.2, 0) is 9.53 Å². The second kappa shape index (κ2) is 8.95. The van der Waals surface area contributed by atoms with Gasteiger partial charge in [-0.3, -0.25) is 19.5 Å². The van der Waals surface area contributed by atoms with Crippen LogP contribution in [0.15, 0.2) is 69.6 Å². The van der Waals surface area contributed by atoms with Crippen LogP contribution < -0.4 is 14.9 Å². The van der Waals surface area contributed by atoms with Crippen LogP contribution in [0.5, 0.6) is 0 Å². The van der Waals surface area contributed by atoms with Gasteiger partial charge in [0.25, 0.3) is 11.2 Å². The van der Waals surface area contributed by atoms with Crippen LogP contribution >= 0.6 is 11.3 Å². The van der Waals surface area contributed by atoms with E-state index in [0.29, 0.717) is 21.6 Å². The molecule has 1 aromatic heterocycles. The number of hydrogen-bond donors (Lipinski definition) is 0. The molecule has 0 fully saturated rings. The van der Waals surface area contributed by atoms with Crippen LogP contribution in [0.1, 0.15) is 36.6 Å². The summed E-state index contributed by atoms with van der Waals surface area (Å²) >= 11 is 1.13. The minimum absolute atomic E-state index is 0.0955. The molecule has 2 aromatic carbocycles. The molecule has 8 nitrogen and oxygen atoms in total. The highest BCUT2D eigenvalue weighted by Gasteiger charge is 2.33. The Morgan fingerprint density at radius 2 is 1.91 bits per heavy atom. The lowest BCUT2D eigenvalue weighted by molar-refractivity contribution is -0.385. The molecule has 0 unspecified atom stereocenters. The molecule has 0 aliphatic carbocycles. The third-order valence-corrected chi connectivity index (χ3v) is 6.31. The molecule has 0 radical (unpaired) electrons. The van der Waals surface area contributed by atoms with Crippen molar-refractivity contribution in [3.8, 4) is 0 Å². The maximum absolute atomic E-state index is 13.5. The average Bonchev–Trinajstić information content (AvgIpc) is 3.08. The van der Waals surface area contributed by atoms with Crippen LogP contribution in [0, 0.1) is 17.0 Å². The molecule has 4 rings (SSSR count). The van der Waals surface area contributed by atoms with Gasteiger partial charge in [0.15, 0.2) is 4.80 Å². The molecular weight excluding hydrogens is 442 g/mol. The van der Waals surface area contributed by atoms with E-state index < -0.39 is 16.9 Å². The van der Waals surface area contributed by atoms with Gasteiger partial charge in [-0.05, 0) is 38.5 Å². The van der Waals surface area contributed by atoms with E-state index in [9.17, 15) is 19.7 Å². The van der Waals surface area contributed by atoms with E-state index in [-0.39, 0.29) is 22.4 Å². The number of carbonyl (C=O) groups excluding carboxylic acids is 1. The number of allylic oxidation sites excluding steroid dienone is 1. The van der Waals surface area contributed by atoms with Gasteiger partial charge in [0, 0.05) is 6.07 Å². The quantitative estimate of drug-likeness (QED) is 0.329. The summed E-state index contributed by atoms with van der Waals surface area (Å²) in [5.74, 6) is -0.530. The molecule has 1 aliphatic rings. The highest BCUT2D eigenvalue weighted by Crippen LogP contribution is 2.30. The molecule has 9 heteroatoms. The number of hydrogen-bond acceptors (Lipinski definition) is 7. The van der Waals surface area contributed by atoms with E-state index in [2.05, 4.69) is 4.99 Å². The van der Waals surface area contributed by atoms with Crippen molar-refractivity contribution >= 4 is 29.1 Å². The lowest BCUT2D eigenvalue weighted by Gasteiger charge is -2.24. The number of aromatic nitrogens is 1. The maximum atomic E-state index is 13.5. The molecular formula is C24H21N3O5S. The first-order valence-corrected chi connectivity index (χ1v) is 11.1. The second-order valence-electron chi connectivity index (χ2n) is 7.53. The molecule has 0 spiro atoms. The normalized spacial score (nSPS) is 15.7. The highest BCUT2D eigenvalue weighted by atomic mass is 32.1. The van der Waals surface area contributed by atoms with Gasteiger partial charge in [0.05, 0.1) is 38.9 Å². The van der Waals surface area contributed by atoms with Crippen LogP contribution in [0.4, 0.5) is 5.69 Å². The van der Waals surface area contributed by atoms with Crippen LogP contribution in [0.25, 0.3) is 6.08 Å². The Kier molecular flexibility index (Phi) is 6.06. The summed E-state index contributed by atoms with van der Waals surface area (Å²) in [4.78, 5) is 42.2. The first-order valence-electron chi connectivity index (χ1n) is 10.3. The fraction of sp³-hybridized carbons (Fsp3) is 0.208. The smallest absolute Gasteiger partial charge is 0.338 e. The zero-order chi connectivity index (χ0) is 23.7. The third-order valence-electron chi connectivity index (χ3n) is 5.33. The van der Waals surface area contributed by atoms with Crippen molar-refractivity contribution in [3.05, 3.63) is 106 Å². The monoisotopic (exact) mass is 463 g/mol. The Labute approximate surface area is 192 Å².